The van der Waals surface area contributed by atoms with Crippen LogP contribution in [0.25, 0.3) is 0 Å². The van der Waals surface area contributed by atoms with Gasteiger partial charge in [-0.15, -0.1) is 0 Å². The van der Waals surface area contributed by atoms with Gasteiger partial charge in [0, 0.05) is 18.8 Å². The van der Waals surface area contributed by atoms with E-state index in [-0.39, 0.29) is 6.03 Å². The molecule has 1 aliphatic rings. The van der Waals surface area contributed by atoms with Gasteiger partial charge < -0.3 is 10.0 Å². The maximum absolute atomic E-state index is 12.5. The van der Waals surface area contributed by atoms with Gasteiger partial charge in [0.15, 0.2) is 0 Å². The van der Waals surface area contributed by atoms with Gasteiger partial charge in [-0.1, -0.05) is 18.2 Å². The number of hydrogen-bond donors (Lipinski definition) is 1. The Kier molecular flexibility index (Phi) is 3.46. The molecule has 2 rings (SSSR count). The quantitative estimate of drug-likeness (QED) is 0.908. The van der Waals surface area contributed by atoms with Crippen molar-refractivity contribution in [1.82, 2.24) is 4.90 Å². The normalized spacial score (nSPS) is 16.6. The van der Waals surface area contributed by atoms with Gasteiger partial charge in [-0.25, -0.2) is 9.59 Å². The molecule has 5 heteroatoms. The van der Waals surface area contributed by atoms with Crippen LogP contribution >= 0.6 is 0 Å². The van der Waals surface area contributed by atoms with Crippen molar-refractivity contribution in [2.45, 2.75) is 25.8 Å². The molecule has 0 atom stereocenters. The Balaban J connectivity index is 2.27. The molecular formula is C14H18N2O3. The van der Waals surface area contributed by atoms with Gasteiger partial charge in [-0.3, -0.25) is 4.90 Å². The lowest BCUT2D eigenvalue weighted by Gasteiger charge is -2.42. The van der Waals surface area contributed by atoms with E-state index in [0.717, 1.165) is 12.1 Å². The highest BCUT2D eigenvalue weighted by Gasteiger charge is 2.41. The molecule has 1 fully saturated rings. The summed E-state index contributed by atoms with van der Waals surface area (Å²) in [6.45, 7) is 4.21. The van der Waals surface area contributed by atoms with Crippen molar-refractivity contribution in [3.63, 3.8) is 0 Å². The molecule has 0 aromatic heterocycles. The average molecular weight is 262 g/mol. The van der Waals surface area contributed by atoms with Crippen molar-refractivity contribution in [1.29, 1.82) is 0 Å². The molecular weight excluding hydrogens is 244 g/mol. The van der Waals surface area contributed by atoms with Crippen molar-refractivity contribution in [3.05, 3.63) is 30.3 Å². The number of benzene rings is 1. The second kappa shape index (κ2) is 4.91. The van der Waals surface area contributed by atoms with E-state index in [0.29, 0.717) is 13.1 Å². The standard InChI is InChI=1S/C14H18N2O3/c1-14(2,12(17)18)16-10-6-9-15(13(16)19)11-7-4-3-5-8-11/h3-5,7-8H,6,9-10H2,1-2H3,(H,17,18). The first-order valence-electron chi connectivity index (χ1n) is 6.32. The molecule has 1 saturated heterocycles. The van der Waals surface area contributed by atoms with E-state index in [1.807, 2.05) is 30.3 Å². The number of hydrogen-bond acceptors (Lipinski definition) is 2. The molecule has 0 radical (unpaired) electrons. The third kappa shape index (κ3) is 2.41. The van der Waals surface area contributed by atoms with Gasteiger partial charge >= 0.3 is 12.0 Å². The van der Waals surface area contributed by atoms with Crippen molar-refractivity contribution in [3.8, 4) is 0 Å². The van der Waals surface area contributed by atoms with Gasteiger partial charge in [-0.2, -0.15) is 0 Å². The Morgan fingerprint density at radius 2 is 1.84 bits per heavy atom. The van der Waals surface area contributed by atoms with Crippen molar-refractivity contribution in [2.24, 2.45) is 0 Å². The van der Waals surface area contributed by atoms with Gasteiger partial charge in [0.1, 0.15) is 5.54 Å². The second-order valence-electron chi connectivity index (χ2n) is 5.14. The van der Waals surface area contributed by atoms with E-state index in [1.165, 1.54) is 4.90 Å². The van der Waals surface area contributed by atoms with Crippen LogP contribution in [-0.4, -0.2) is 40.6 Å². The highest BCUT2D eigenvalue weighted by Crippen LogP contribution is 2.25. The van der Waals surface area contributed by atoms with E-state index >= 15 is 0 Å². The van der Waals surface area contributed by atoms with Gasteiger partial charge in [0.05, 0.1) is 0 Å². The Hall–Kier alpha value is -2.04. The fourth-order valence-corrected chi connectivity index (χ4v) is 2.21. The van der Waals surface area contributed by atoms with Crippen LogP contribution in [-0.2, 0) is 4.79 Å². The summed E-state index contributed by atoms with van der Waals surface area (Å²) >= 11 is 0. The first-order valence-corrected chi connectivity index (χ1v) is 6.32. The number of rotatable bonds is 3. The number of carbonyl (C=O) groups is 2. The Labute approximate surface area is 112 Å². The molecule has 1 N–H and O–H groups in total. The first kappa shape index (κ1) is 13.4. The summed E-state index contributed by atoms with van der Waals surface area (Å²) in [5.41, 5.74) is -0.386. The molecule has 1 aromatic carbocycles. The van der Waals surface area contributed by atoms with E-state index < -0.39 is 11.5 Å². The summed E-state index contributed by atoms with van der Waals surface area (Å²) < 4.78 is 0. The van der Waals surface area contributed by atoms with E-state index in [4.69, 9.17) is 0 Å². The van der Waals surface area contributed by atoms with Crippen LogP contribution in [0.1, 0.15) is 20.3 Å². The Bertz CT molecular complexity index is 485. The summed E-state index contributed by atoms with van der Waals surface area (Å²) in [6, 6.07) is 9.08. The number of nitrogens with zero attached hydrogens (tertiary/aromatic N) is 2. The third-order valence-electron chi connectivity index (χ3n) is 3.49. The Morgan fingerprint density at radius 1 is 1.21 bits per heavy atom. The Morgan fingerprint density at radius 3 is 2.42 bits per heavy atom. The average Bonchev–Trinajstić information content (AvgIpc) is 2.39. The number of urea groups is 1. The molecule has 5 nitrogen and oxygen atoms in total. The monoisotopic (exact) mass is 262 g/mol. The lowest BCUT2D eigenvalue weighted by Crippen LogP contribution is -2.60. The molecule has 0 aliphatic carbocycles. The molecule has 0 bridgehead atoms. The third-order valence-corrected chi connectivity index (χ3v) is 3.49. The van der Waals surface area contributed by atoms with Crippen LogP contribution in [0.4, 0.5) is 10.5 Å². The van der Waals surface area contributed by atoms with Gasteiger partial charge in [-0.05, 0) is 32.4 Å². The summed E-state index contributed by atoms with van der Waals surface area (Å²) in [5.74, 6) is -0.990. The largest absolute Gasteiger partial charge is 0.480 e. The molecule has 102 valence electrons. The predicted molar refractivity (Wildman–Crippen MR) is 72.2 cm³/mol. The van der Waals surface area contributed by atoms with Crippen LogP contribution in [0.15, 0.2) is 30.3 Å². The highest BCUT2D eigenvalue weighted by atomic mass is 16.4. The number of para-hydroxylation sites is 1. The number of carbonyl (C=O) groups excluding carboxylic acids is 1. The van der Waals surface area contributed by atoms with Crippen LogP contribution < -0.4 is 4.90 Å². The molecule has 0 saturated carbocycles. The van der Waals surface area contributed by atoms with Gasteiger partial charge in [0.2, 0.25) is 0 Å². The predicted octanol–water partition coefficient (Wildman–Crippen LogP) is 2.18. The number of anilines is 1. The summed E-state index contributed by atoms with van der Waals surface area (Å²) in [7, 11) is 0. The minimum absolute atomic E-state index is 0.246. The van der Waals surface area contributed by atoms with Crippen molar-refractivity contribution < 1.29 is 14.7 Å². The second-order valence-corrected chi connectivity index (χ2v) is 5.14. The molecule has 0 spiro atoms. The number of carboxylic acids is 1. The zero-order valence-corrected chi connectivity index (χ0v) is 11.2. The van der Waals surface area contributed by atoms with Crippen LogP contribution in [0, 0.1) is 0 Å². The molecule has 1 heterocycles. The fourth-order valence-electron chi connectivity index (χ4n) is 2.21. The van der Waals surface area contributed by atoms with E-state index in [1.54, 1.807) is 18.7 Å². The number of aliphatic carboxylic acids is 1. The van der Waals surface area contributed by atoms with Crippen LogP contribution in [0.5, 0.6) is 0 Å². The molecule has 1 aromatic rings. The van der Waals surface area contributed by atoms with Gasteiger partial charge in [0.25, 0.3) is 0 Å². The van der Waals surface area contributed by atoms with Crippen LogP contribution in [0.2, 0.25) is 0 Å². The maximum Gasteiger partial charge on any atom is 0.329 e. The van der Waals surface area contributed by atoms with E-state index in [2.05, 4.69) is 0 Å². The zero-order valence-electron chi connectivity index (χ0n) is 11.2. The minimum Gasteiger partial charge on any atom is -0.480 e. The summed E-state index contributed by atoms with van der Waals surface area (Å²) in [4.78, 5) is 26.8. The first-order chi connectivity index (χ1) is 8.94. The highest BCUT2D eigenvalue weighted by molar-refractivity contribution is 5.96. The maximum atomic E-state index is 12.5. The fraction of sp³-hybridized carbons (Fsp3) is 0.429. The number of amides is 2. The zero-order chi connectivity index (χ0) is 14.0. The number of carboxylic acid groups (broad SMARTS) is 1. The topological polar surface area (TPSA) is 60.9 Å². The molecule has 19 heavy (non-hydrogen) atoms. The SMILES string of the molecule is CC(C)(C(=O)O)N1CCCN(c2ccccc2)C1=O. The van der Waals surface area contributed by atoms with Crippen molar-refractivity contribution >= 4 is 17.7 Å². The molecule has 0 unspecified atom stereocenters. The lowest BCUT2D eigenvalue weighted by molar-refractivity contribution is -0.147. The lowest BCUT2D eigenvalue weighted by atomic mass is 10.0. The minimum atomic E-state index is -1.19. The molecule has 2 amide bonds. The van der Waals surface area contributed by atoms with E-state index in [9.17, 15) is 14.7 Å². The van der Waals surface area contributed by atoms with Crippen molar-refractivity contribution in [2.75, 3.05) is 18.0 Å². The molecule has 1 aliphatic heterocycles. The smallest absolute Gasteiger partial charge is 0.329 e. The van der Waals surface area contributed by atoms with Crippen LogP contribution in [0.3, 0.4) is 0 Å². The summed E-state index contributed by atoms with van der Waals surface area (Å²) in [5, 5.41) is 9.26. The summed E-state index contributed by atoms with van der Waals surface area (Å²) in [6.07, 6.45) is 0.761.